The number of hydrogen-bond donors (Lipinski definition) is 3. The van der Waals surface area contributed by atoms with E-state index in [1.54, 1.807) is 16.8 Å². The van der Waals surface area contributed by atoms with Crippen LogP contribution in [0.4, 0.5) is 5.69 Å². The van der Waals surface area contributed by atoms with E-state index in [4.69, 9.17) is 4.74 Å². The van der Waals surface area contributed by atoms with Crippen molar-refractivity contribution in [2.45, 2.75) is 25.7 Å². The number of aromatic nitrogens is 1. The highest BCUT2D eigenvalue weighted by atomic mass is 16.5. The molecule has 31 heavy (non-hydrogen) atoms. The number of piperidine rings is 1. The van der Waals surface area contributed by atoms with Gasteiger partial charge in [0, 0.05) is 31.2 Å². The number of rotatable bonds is 9. The Hall–Kier alpha value is -2.81. The minimum Gasteiger partial charge on any atom is -0.488 e. The molecule has 3 heterocycles. The molecular formula is C23H32N6O2. The molecule has 0 saturated carbocycles. The summed E-state index contributed by atoms with van der Waals surface area (Å²) >= 11 is 0. The van der Waals surface area contributed by atoms with E-state index in [-0.39, 0.29) is 5.56 Å². The van der Waals surface area contributed by atoms with Crippen molar-refractivity contribution in [2.24, 2.45) is 0 Å². The summed E-state index contributed by atoms with van der Waals surface area (Å²) in [5, 5.41) is 5.01. The molecule has 0 spiro atoms. The quantitative estimate of drug-likeness (QED) is 0.532. The third-order valence-electron chi connectivity index (χ3n) is 5.63. The molecule has 3 N–H and O–H groups in total. The fourth-order valence-electron chi connectivity index (χ4n) is 3.99. The Kier molecular flexibility index (Phi) is 7.24. The van der Waals surface area contributed by atoms with Gasteiger partial charge in [-0.15, -0.1) is 5.53 Å². The number of hydrogen-bond acceptors (Lipinski definition) is 7. The lowest BCUT2D eigenvalue weighted by atomic mass is 10.1. The van der Waals surface area contributed by atoms with Gasteiger partial charge in [-0.25, -0.2) is 0 Å². The van der Waals surface area contributed by atoms with Crippen LogP contribution < -0.4 is 31.6 Å². The second-order valence-corrected chi connectivity index (χ2v) is 7.96. The van der Waals surface area contributed by atoms with E-state index in [1.807, 2.05) is 48.6 Å². The van der Waals surface area contributed by atoms with E-state index in [0.717, 1.165) is 36.6 Å². The van der Waals surface area contributed by atoms with Crippen molar-refractivity contribution in [1.29, 1.82) is 0 Å². The topological polar surface area (TPSA) is 73.8 Å². The van der Waals surface area contributed by atoms with Gasteiger partial charge < -0.3 is 20.4 Å². The number of ether oxygens (including phenoxy) is 1. The van der Waals surface area contributed by atoms with Crippen LogP contribution in [0.15, 0.2) is 59.3 Å². The summed E-state index contributed by atoms with van der Waals surface area (Å²) in [4.78, 5) is 15.4. The lowest BCUT2D eigenvalue weighted by Crippen LogP contribution is -2.37. The Morgan fingerprint density at radius 3 is 2.61 bits per heavy atom. The number of anilines is 1. The molecule has 1 fully saturated rings. The molecule has 0 radical (unpaired) electrons. The third-order valence-corrected chi connectivity index (χ3v) is 5.63. The molecule has 0 aliphatic carbocycles. The van der Waals surface area contributed by atoms with Gasteiger partial charge in [0.1, 0.15) is 0 Å². The summed E-state index contributed by atoms with van der Waals surface area (Å²) in [7, 11) is 1.91. The second-order valence-electron chi connectivity index (χ2n) is 7.96. The SMILES string of the molecule is CNCC1=CN(c2ccc(-n3cccc(OCCCN4CCCCC4)c3=O)cc2)NN1. The lowest BCUT2D eigenvalue weighted by molar-refractivity contribution is 0.204. The normalized spacial score (nSPS) is 16.8. The molecule has 2 aromatic rings. The number of hydrazine groups is 2. The highest BCUT2D eigenvalue weighted by Crippen LogP contribution is 2.18. The van der Waals surface area contributed by atoms with Crippen LogP contribution >= 0.6 is 0 Å². The Bertz CT molecular complexity index is 934. The zero-order valence-corrected chi connectivity index (χ0v) is 18.1. The van der Waals surface area contributed by atoms with Crippen molar-refractivity contribution >= 4 is 5.69 Å². The smallest absolute Gasteiger partial charge is 0.297 e. The maximum atomic E-state index is 12.9. The Morgan fingerprint density at radius 1 is 1.06 bits per heavy atom. The molecular weight excluding hydrogens is 392 g/mol. The average Bonchev–Trinajstić information content (AvgIpc) is 3.27. The van der Waals surface area contributed by atoms with Crippen molar-refractivity contribution < 1.29 is 4.74 Å². The van der Waals surface area contributed by atoms with Crippen molar-refractivity contribution in [3.63, 3.8) is 0 Å². The molecule has 2 aliphatic rings. The summed E-state index contributed by atoms with van der Waals surface area (Å²) < 4.78 is 7.46. The van der Waals surface area contributed by atoms with Gasteiger partial charge >= 0.3 is 0 Å². The number of nitrogens with one attached hydrogen (secondary N) is 3. The zero-order valence-electron chi connectivity index (χ0n) is 18.1. The van der Waals surface area contributed by atoms with Crippen LogP contribution in [0.5, 0.6) is 5.75 Å². The zero-order chi connectivity index (χ0) is 21.5. The summed E-state index contributed by atoms with van der Waals surface area (Å²) in [5.74, 6) is 0.398. The maximum absolute atomic E-state index is 12.9. The summed E-state index contributed by atoms with van der Waals surface area (Å²) in [6.45, 7) is 4.71. The number of nitrogens with zero attached hydrogens (tertiary/aromatic N) is 3. The average molecular weight is 425 g/mol. The molecule has 0 amide bonds. The number of likely N-dealkylation sites (tertiary alicyclic amines) is 1. The van der Waals surface area contributed by atoms with Gasteiger partial charge in [0.2, 0.25) is 0 Å². The van der Waals surface area contributed by atoms with Crippen molar-refractivity contribution in [3.8, 4) is 11.4 Å². The largest absolute Gasteiger partial charge is 0.488 e. The Morgan fingerprint density at radius 2 is 1.84 bits per heavy atom. The molecule has 8 heteroatoms. The number of likely N-dealkylation sites (N-methyl/N-ethyl adjacent to an activating group) is 1. The number of benzene rings is 1. The van der Waals surface area contributed by atoms with Crippen molar-refractivity contribution in [3.05, 3.63) is 64.8 Å². The van der Waals surface area contributed by atoms with Gasteiger partial charge in [-0.1, -0.05) is 6.42 Å². The van der Waals surface area contributed by atoms with Crippen LogP contribution in [-0.4, -0.2) is 49.3 Å². The van der Waals surface area contributed by atoms with E-state index >= 15 is 0 Å². The van der Waals surface area contributed by atoms with Crippen LogP contribution in [0, 0.1) is 0 Å². The standard InChI is InChI=1S/C23H32N6O2/c1-24-17-19-18-29(26-25-19)21-10-8-20(9-11-21)28-15-5-7-22(23(28)30)31-16-6-14-27-12-3-2-4-13-27/h5,7-11,15,18,24-26H,2-4,6,12-14,16-17H2,1H3. The minimum atomic E-state index is -0.134. The summed E-state index contributed by atoms with van der Waals surface area (Å²) in [6.07, 6.45) is 8.64. The maximum Gasteiger partial charge on any atom is 0.297 e. The first-order valence-electron chi connectivity index (χ1n) is 11.1. The molecule has 0 unspecified atom stereocenters. The van der Waals surface area contributed by atoms with Gasteiger partial charge in [-0.3, -0.25) is 14.4 Å². The number of pyridine rings is 1. The fraction of sp³-hybridized carbons (Fsp3) is 0.435. The van der Waals surface area contributed by atoms with E-state index in [1.165, 1.54) is 32.4 Å². The Labute approximate surface area is 183 Å². The molecule has 1 aromatic heterocycles. The molecule has 4 rings (SSSR count). The van der Waals surface area contributed by atoms with Crippen LogP contribution in [0.3, 0.4) is 0 Å². The predicted octanol–water partition coefficient (Wildman–Crippen LogP) is 1.98. The molecule has 8 nitrogen and oxygen atoms in total. The van der Waals surface area contributed by atoms with Crippen molar-refractivity contribution in [1.82, 2.24) is 25.7 Å². The highest BCUT2D eigenvalue weighted by Gasteiger charge is 2.13. The molecule has 2 aliphatic heterocycles. The van der Waals surface area contributed by atoms with E-state index in [2.05, 4.69) is 21.2 Å². The fourth-order valence-corrected chi connectivity index (χ4v) is 3.99. The van der Waals surface area contributed by atoms with Gasteiger partial charge in [0.15, 0.2) is 5.75 Å². The first kappa shape index (κ1) is 21.4. The van der Waals surface area contributed by atoms with Gasteiger partial charge in [0.05, 0.1) is 18.0 Å². The molecule has 1 aromatic carbocycles. The van der Waals surface area contributed by atoms with Crippen LogP contribution in [0.2, 0.25) is 0 Å². The summed E-state index contributed by atoms with van der Waals surface area (Å²) in [5.41, 5.74) is 8.91. The summed E-state index contributed by atoms with van der Waals surface area (Å²) in [6, 6.07) is 11.4. The van der Waals surface area contributed by atoms with Gasteiger partial charge in [-0.05, 0) is 75.8 Å². The van der Waals surface area contributed by atoms with Gasteiger partial charge in [0.25, 0.3) is 5.56 Å². The highest BCUT2D eigenvalue weighted by molar-refractivity contribution is 5.53. The van der Waals surface area contributed by atoms with Crippen molar-refractivity contribution in [2.75, 3.05) is 44.8 Å². The van der Waals surface area contributed by atoms with E-state index in [9.17, 15) is 4.79 Å². The second kappa shape index (κ2) is 10.5. The molecule has 166 valence electrons. The lowest BCUT2D eigenvalue weighted by Gasteiger charge is -2.26. The first-order valence-corrected chi connectivity index (χ1v) is 11.1. The predicted molar refractivity (Wildman–Crippen MR) is 123 cm³/mol. The van der Waals surface area contributed by atoms with E-state index < -0.39 is 0 Å². The monoisotopic (exact) mass is 424 g/mol. The minimum absolute atomic E-state index is 0.134. The van der Waals surface area contributed by atoms with E-state index in [0.29, 0.717) is 12.4 Å². The molecule has 1 saturated heterocycles. The van der Waals surface area contributed by atoms with Crippen LogP contribution in [0.25, 0.3) is 5.69 Å². The molecule has 0 bridgehead atoms. The first-order chi connectivity index (χ1) is 15.2. The molecule has 0 atom stereocenters. The van der Waals surface area contributed by atoms with Crippen LogP contribution in [0.1, 0.15) is 25.7 Å². The van der Waals surface area contributed by atoms with Crippen LogP contribution in [-0.2, 0) is 0 Å². The Balaban J connectivity index is 1.36. The third kappa shape index (κ3) is 5.46. The van der Waals surface area contributed by atoms with Gasteiger partial charge in [-0.2, -0.15) is 0 Å².